The van der Waals surface area contributed by atoms with Gasteiger partial charge in [-0.25, -0.2) is 4.39 Å². The summed E-state index contributed by atoms with van der Waals surface area (Å²) in [6.45, 7) is 2.92. The van der Waals surface area contributed by atoms with Gasteiger partial charge in [-0.1, -0.05) is 13.0 Å². The second-order valence-electron chi connectivity index (χ2n) is 6.91. The van der Waals surface area contributed by atoms with Crippen LogP contribution in [0.3, 0.4) is 0 Å². The third-order valence-electron chi connectivity index (χ3n) is 5.10. The van der Waals surface area contributed by atoms with Crippen molar-refractivity contribution in [2.45, 2.75) is 45.2 Å². The lowest BCUT2D eigenvalue weighted by Gasteiger charge is -2.20. The van der Waals surface area contributed by atoms with Crippen LogP contribution >= 0.6 is 0 Å². The van der Waals surface area contributed by atoms with E-state index in [4.69, 9.17) is 9.47 Å². The summed E-state index contributed by atoms with van der Waals surface area (Å²) in [7, 11) is 0. The first-order valence-corrected chi connectivity index (χ1v) is 9.25. The van der Waals surface area contributed by atoms with Crippen molar-refractivity contribution in [2.75, 3.05) is 13.2 Å². The van der Waals surface area contributed by atoms with E-state index >= 15 is 0 Å². The van der Waals surface area contributed by atoms with E-state index in [2.05, 4.69) is 0 Å². The molecule has 3 rings (SSSR count). The molecule has 1 heterocycles. The van der Waals surface area contributed by atoms with Gasteiger partial charge in [0.1, 0.15) is 29.5 Å². The van der Waals surface area contributed by atoms with Crippen LogP contribution < -0.4 is 0 Å². The molecule has 6 nitrogen and oxygen atoms in total. The number of benzene rings is 2. The predicted molar refractivity (Wildman–Crippen MR) is 101 cm³/mol. The number of rotatable bonds is 6. The molecule has 1 saturated heterocycles. The molecule has 2 aromatic rings. The molecule has 152 valence electrons. The number of aromatic hydroxyl groups is 2. The van der Waals surface area contributed by atoms with Crippen LogP contribution in [0.2, 0.25) is 0 Å². The van der Waals surface area contributed by atoms with Gasteiger partial charge in [0, 0.05) is 18.1 Å². The lowest BCUT2D eigenvalue weighted by Crippen LogP contribution is -2.29. The minimum Gasteiger partial charge on any atom is -0.508 e. The molecule has 1 aliphatic rings. The van der Waals surface area contributed by atoms with Crippen LogP contribution in [-0.2, 0) is 22.3 Å². The molecule has 28 heavy (non-hydrogen) atoms. The van der Waals surface area contributed by atoms with Gasteiger partial charge in [0.05, 0.1) is 13.2 Å². The van der Waals surface area contributed by atoms with E-state index in [9.17, 15) is 24.8 Å². The second-order valence-corrected chi connectivity index (χ2v) is 6.91. The van der Waals surface area contributed by atoms with Crippen molar-refractivity contribution in [2.24, 2.45) is 0 Å². The zero-order valence-corrected chi connectivity index (χ0v) is 15.9. The number of aliphatic hydroxyl groups is 2. The quantitative estimate of drug-likeness (QED) is 0.603. The van der Waals surface area contributed by atoms with E-state index in [0.717, 1.165) is 0 Å². The average Bonchev–Trinajstić information content (AvgIpc) is 3.06. The van der Waals surface area contributed by atoms with Crippen molar-refractivity contribution in [3.8, 4) is 22.6 Å². The van der Waals surface area contributed by atoms with Crippen molar-refractivity contribution in [3.63, 3.8) is 0 Å². The van der Waals surface area contributed by atoms with E-state index in [-0.39, 0.29) is 37.0 Å². The van der Waals surface area contributed by atoms with Crippen LogP contribution in [0.15, 0.2) is 24.3 Å². The second kappa shape index (κ2) is 8.45. The van der Waals surface area contributed by atoms with Gasteiger partial charge in [-0.3, -0.25) is 0 Å². The molecule has 0 unspecified atom stereocenters. The van der Waals surface area contributed by atoms with Crippen molar-refractivity contribution in [1.29, 1.82) is 0 Å². The number of phenols is 2. The first kappa shape index (κ1) is 20.5. The van der Waals surface area contributed by atoms with Gasteiger partial charge in [-0.15, -0.1) is 0 Å². The first-order chi connectivity index (χ1) is 13.4. The fourth-order valence-electron chi connectivity index (χ4n) is 3.67. The SMILES string of the molecule is CCc1c(O)cc(O)c(-c2ccc(F)c(C)c2)c1CC1O[C@H](CO)[C@@H](CO)O1. The molecule has 0 saturated carbocycles. The molecule has 2 atom stereocenters. The van der Waals surface area contributed by atoms with Gasteiger partial charge in [-0.2, -0.15) is 0 Å². The Bertz CT molecular complexity index is 841. The van der Waals surface area contributed by atoms with Gasteiger partial charge < -0.3 is 29.9 Å². The van der Waals surface area contributed by atoms with Crippen LogP contribution in [0.4, 0.5) is 4.39 Å². The molecule has 2 aromatic carbocycles. The van der Waals surface area contributed by atoms with Crippen LogP contribution in [0.1, 0.15) is 23.6 Å². The zero-order chi connectivity index (χ0) is 20.4. The number of ether oxygens (including phenoxy) is 2. The molecule has 0 amide bonds. The van der Waals surface area contributed by atoms with Crippen LogP contribution in [0.5, 0.6) is 11.5 Å². The maximum absolute atomic E-state index is 13.7. The molecule has 0 aliphatic carbocycles. The third kappa shape index (κ3) is 3.84. The number of hydrogen-bond donors (Lipinski definition) is 4. The molecule has 7 heteroatoms. The predicted octanol–water partition coefficient (Wildman–Crippen LogP) is 2.41. The standard InChI is InChI=1S/C21H25FO6/c1-3-13-14(7-20-27-18(9-23)19(10-24)28-20)21(17(26)8-16(13)25)12-4-5-15(22)11(2)6-12/h4-6,8,18-20,23-26H,3,7,9-10H2,1-2H3/t18-,19-/m1/s1. The summed E-state index contributed by atoms with van der Waals surface area (Å²) < 4.78 is 25.1. The fraction of sp³-hybridized carbons (Fsp3) is 0.429. The first-order valence-electron chi connectivity index (χ1n) is 9.25. The molecule has 1 aliphatic heterocycles. The molecule has 0 spiro atoms. The smallest absolute Gasteiger partial charge is 0.162 e. The molecule has 4 N–H and O–H groups in total. The highest BCUT2D eigenvalue weighted by atomic mass is 19.1. The summed E-state index contributed by atoms with van der Waals surface area (Å²) in [6.07, 6.45) is -1.39. The zero-order valence-electron chi connectivity index (χ0n) is 15.9. The Kier molecular flexibility index (Phi) is 6.20. The van der Waals surface area contributed by atoms with Gasteiger partial charge in [0.2, 0.25) is 0 Å². The van der Waals surface area contributed by atoms with Crippen molar-refractivity contribution in [1.82, 2.24) is 0 Å². The van der Waals surface area contributed by atoms with E-state index < -0.39 is 18.5 Å². The fourth-order valence-corrected chi connectivity index (χ4v) is 3.67. The van der Waals surface area contributed by atoms with Crippen molar-refractivity contribution < 1.29 is 34.3 Å². The van der Waals surface area contributed by atoms with E-state index in [1.54, 1.807) is 19.1 Å². The summed E-state index contributed by atoms with van der Waals surface area (Å²) in [5.74, 6) is -0.530. The molecule has 1 fully saturated rings. The maximum atomic E-state index is 13.7. The summed E-state index contributed by atoms with van der Waals surface area (Å²) in [5.41, 5.74) is 2.75. The Morgan fingerprint density at radius 2 is 1.61 bits per heavy atom. The number of phenolic OH excluding ortho intramolecular Hbond substituents is 2. The number of halogens is 1. The summed E-state index contributed by atoms with van der Waals surface area (Å²) >= 11 is 0. The molecular weight excluding hydrogens is 367 g/mol. The minimum absolute atomic E-state index is 0.0482. The minimum atomic E-state index is -0.763. The highest BCUT2D eigenvalue weighted by Crippen LogP contribution is 2.41. The van der Waals surface area contributed by atoms with Crippen LogP contribution in [-0.4, -0.2) is 52.1 Å². The van der Waals surface area contributed by atoms with Gasteiger partial charge in [0.25, 0.3) is 0 Å². The maximum Gasteiger partial charge on any atom is 0.162 e. The summed E-state index contributed by atoms with van der Waals surface area (Å²) in [5, 5.41) is 39.7. The number of aryl methyl sites for hydroxylation is 1. The monoisotopic (exact) mass is 392 g/mol. The van der Waals surface area contributed by atoms with Gasteiger partial charge in [0.15, 0.2) is 6.29 Å². The normalized spacial score (nSPS) is 20.0. The molecular formula is C21H25FO6. The Morgan fingerprint density at radius 1 is 0.964 bits per heavy atom. The largest absolute Gasteiger partial charge is 0.508 e. The highest BCUT2D eigenvalue weighted by molar-refractivity contribution is 5.77. The lowest BCUT2D eigenvalue weighted by atomic mass is 9.89. The van der Waals surface area contributed by atoms with E-state index in [1.807, 2.05) is 6.92 Å². The van der Waals surface area contributed by atoms with Gasteiger partial charge >= 0.3 is 0 Å². The van der Waals surface area contributed by atoms with Crippen molar-refractivity contribution >= 4 is 0 Å². The Balaban J connectivity index is 2.07. The topological polar surface area (TPSA) is 99.4 Å². The summed E-state index contributed by atoms with van der Waals surface area (Å²) in [4.78, 5) is 0. The average molecular weight is 392 g/mol. The molecule has 0 bridgehead atoms. The third-order valence-corrected chi connectivity index (χ3v) is 5.10. The Labute approximate surface area is 162 Å². The van der Waals surface area contributed by atoms with Crippen LogP contribution in [0, 0.1) is 12.7 Å². The van der Waals surface area contributed by atoms with Crippen LogP contribution in [0.25, 0.3) is 11.1 Å². The molecule has 0 aromatic heterocycles. The Morgan fingerprint density at radius 3 is 2.14 bits per heavy atom. The Hall–Kier alpha value is -2.19. The number of aliphatic hydroxyl groups excluding tert-OH is 2. The van der Waals surface area contributed by atoms with E-state index in [1.165, 1.54) is 12.1 Å². The van der Waals surface area contributed by atoms with Gasteiger partial charge in [-0.05, 0) is 47.7 Å². The molecule has 0 radical (unpaired) electrons. The van der Waals surface area contributed by atoms with E-state index in [0.29, 0.717) is 34.2 Å². The lowest BCUT2D eigenvalue weighted by molar-refractivity contribution is -0.0725. The summed E-state index contributed by atoms with van der Waals surface area (Å²) in [6, 6.07) is 5.81. The number of hydrogen-bond acceptors (Lipinski definition) is 6. The highest BCUT2D eigenvalue weighted by Gasteiger charge is 2.36. The van der Waals surface area contributed by atoms with Crippen molar-refractivity contribution in [3.05, 3.63) is 46.8 Å².